The Hall–Kier alpha value is -1.11. The van der Waals surface area contributed by atoms with Crippen LogP contribution < -0.4 is 0 Å². The molecule has 0 radical (unpaired) electrons. The second-order valence-electron chi connectivity index (χ2n) is 5.62. The summed E-state index contributed by atoms with van der Waals surface area (Å²) in [6.07, 6.45) is 11.6. The molecule has 0 aromatic heterocycles. The summed E-state index contributed by atoms with van der Waals surface area (Å²) >= 11 is 0. The zero-order valence-electron chi connectivity index (χ0n) is 11.5. The molecule has 1 aliphatic carbocycles. The first-order valence-electron chi connectivity index (χ1n) is 6.46. The van der Waals surface area contributed by atoms with Crippen LogP contribution in [0.25, 0.3) is 0 Å². The highest BCUT2D eigenvalue weighted by Gasteiger charge is 2.26. The van der Waals surface area contributed by atoms with E-state index in [0.717, 1.165) is 6.29 Å². The summed E-state index contributed by atoms with van der Waals surface area (Å²) in [6, 6.07) is 0. The second kappa shape index (κ2) is 6.00. The molecule has 0 aromatic carbocycles. The third-order valence-corrected chi connectivity index (χ3v) is 3.59. The highest BCUT2D eigenvalue weighted by atomic mass is 16.1. The highest BCUT2D eigenvalue weighted by molar-refractivity contribution is 5.52. The zero-order chi connectivity index (χ0) is 12.9. The molecule has 0 amide bonds. The number of hydrogen-bond acceptors (Lipinski definition) is 1. The average Bonchev–Trinajstić information content (AvgIpc) is 2.24. The molecule has 17 heavy (non-hydrogen) atoms. The maximum atomic E-state index is 10.3. The van der Waals surface area contributed by atoms with E-state index in [9.17, 15) is 4.79 Å². The Kier molecular flexibility index (Phi) is 4.92. The van der Waals surface area contributed by atoms with Gasteiger partial charge >= 0.3 is 0 Å². The van der Waals surface area contributed by atoms with Gasteiger partial charge in [-0.1, -0.05) is 43.2 Å². The molecule has 0 bridgehead atoms. The van der Waals surface area contributed by atoms with Crippen molar-refractivity contribution in [3.8, 4) is 0 Å². The lowest BCUT2D eigenvalue weighted by Gasteiger charge is -2.32. The van der Waals surface area contributed by atoms with Crippen molar-refractivity contribution in [1.82, 2.24) is 0 Å². The fraction of sp³-hybridized carbons (Fsp3) is 0.562. The minimum atomic E-state index is 0.295. The Morgan fingerprint density at radius 1 is 1.41 bits per heavy atom. The highest BCUT2D eigenvalue weighted by Crippen LogP contribution is 2.40. The number of carbonyl (C=O) groups excluding carboxylic acids is 1. The minimum Gasteiger partial charge on any atom is -0.303 e. The first-order chi connectivity index (χ1) is 7.97. The van der Waals surface area contributed by atoms with Crippen molar-refractivity contribution in [1.29, 1.82) is 0 Å². The molecule has 94 valence electrons. The fourth-order valence-corrected chi connectivity index (χ4v) is 2.53. The van der Waals surface area contributed by atoms with E-state index >= 15 is 0 Å². The first kappa shape index (κ1) is 14.0. The fourth-order valence-electron chi connectivity index (χ4n) is 2.53. The van der Waals surface area contributed by atoms with E-state index in [2.05, 4.69) is 32.9 Å². The third kappa shape index (κ3) is 3.99. The lowest BCUT2D eigenvalue weighted by molar-refractivity contribution is -0.107. The molecule has 0 saturated heterocycles. The number of hydrogen-bond donors (Lipinski definition) is 0. The van der Waals surface area contributed by atoms with E-state index in [-0.39, 0.29) is 0 Å². The molecule has 0 saturated carbocycles. The molecule has 1 heteroatoms. The van der Waals surface area contributed by atoms with Gasteiger partial charge in [-0.3, -0.25) is 0 Å². The summed E-state index contributed by atoms with van der Waals surface area (Å²) in [7, 11) is 0. The van der Waals surface area contributed by atoms with Gasteiger partial charge in [0, 0.05) is 6.42 Å². The number of carbonyl (C=O) groups is 1. The van der Waals surface area contributed by atoms with Gasteiger partial charge in [0.05, 0.1) is 0 Å². The van der Waals surface area contributed by atoms with Crippen molar-refractivity contribution in [2.75, 3.05) is 0 Å². The van der Waals surface area contributed by atoms with Crippen molar-refractivity contribution in [3.63, 3.8) is 0 Å². The van der Waals surface area contributed by atoms with Crippen molar-refractivity contribution < 1.29 is 4.79 Å². The van der Waals surface area contributed by atoms with E-state index in [1.807, 2.05) is 13.0 Å². The van der Waals surface area contributed by atoms with E-state index in [4.69, 9.17) is 0 Å². The molecule has 0 atom stereocenters. The normalized spacial score (nSPS) is 21.1. The van der Waals surface area contributed by atoms with Crippen LogP contribution in [0.4, 0.5) is 0 Å². The molecular formula is C16H24O. The smallest absolute Gasteiger partial charge is 0.123 e. The van der Waals surface area contributed by atoms with Gasteiger partial charge in [0.1, 0.15) is 6.29 Å². The van der Waals surface area contributed by atoms with Crippen LogP contribution in [-0.4, -0.2) is 6.29 Å². The first-order valence-corrected chi connectivity index (χ1v) is 6.46. The monoisotopic (exact) mass is 232 g/mol. The third-order valence-electron chi connectivity index (χ3n) is 3.59. The van der Waals surface area contributed by atoms with Gasteiger partial charge in [-0.05, 0) is 44.1 Å². The molecule has 1 aliphatic rings. The Morgan fingerprint density at radius 2 is 2.12 bits per heavy atom. The Bertz CT molecular complexity index is 367. The molecule has 0 fully saturated rings. The van der Waals surface area contributed by atoms with Gasteiger partial charge in [0.2, 0.25) is 0 Å². The van der Waals surface area contributed by atoms with Crippen LogP contribution in [0.5, 0.6) is 0 Å². The van der Waals surface area contributed by atoms with Crippen LogP contribution in [-0.2, 0) is 4.79 Å². The predicted octanol–water partition coefficient (Wildman–Crippen LogP) is 4.60. The van der Waals surface area contributed by atoms with Gasteiger partial charge in [-0.2, -0.15) is 0 Å². The van der Waals surface area contributed by atoms with Gasteiger partial charge < -0.3 is 4.79 Å². The SMILES string of the molecule is CC(C=CC1=C(C)CCCC1(C)C)=CCC=O. The van der Waals surface area contributed by atoms with Crippen LogP contribution in [0.2, 0.25) is 0 Å². The van der Waals surface area contributed by atoms with Crippen molar-refractivity contribution in [3.05, 3.63) is 34.9 Å². The lowest BCUT2D eigenvalue weighted by atomic mass is 9.72. The largest absolute Gasteiger partial charge is 0.303 e. The number of allylic oxidation sites excluding steroid dienone is 6. The van der Waals surface area contributed by atoms with E-state index in [0.29, 0.717) is 11.8 Å². The summed E-state index contributed by atoms with van der Waals surface area (Å²) in [6.45, 7) is 8.93. The molecule has 0 aliphatic heterocycles. The summed E-state index contributed by atoms with van der Waals surface area (Å²) < 4.78 is 0. The number of rotatable bonds is 4. The molecule has 0 N–H and O–H groups in total. The maximum absolute atomic E-state index is 10.3. The van der Waals surface area contributed by atoms with Gasteiger partial charge in [0.15, 0.2) is 0 Å². The molecule has 0 spiro atoms. The molecular weight excluding hydrogens is 208 g/mol. The van der Waals surface area contributed by atoms with Crippen molar-refractivity contribution >= 4 is 6.29 Å². The summed E-state index contributed by atoms with van der Waals surface area (Å²) in [5.74, 6) is 0. The van der Waals surface area contributed by atoms with Crippen LogP contribution in [0.1, 0.15) is 53.4 Å². The maximum Gasteiger partial charge on any atom is 0.123 e. The van der Waals surface area contributed by atoms with Crippen LogP contribution in [0, 0.1) is 5.41 Å². The zero-order valence-corrected chi connectivity index (χ0v) is 11.5. The minimum absolute atomic E-state index is 0.295. The topological polar surface area (TPSA) is 17.1 Å². The van der Waals surface area contributed by atoms with E-state index in [1.165, 1.54) is 36.0 Å². The summed E-state index contributed by atoms with van der Waals surface area (Å²) in [5, 5.41) is 0. The molecule has 1 rings (SSSR count). The quantitative estimate of drug-likeness (QED) is 0.511. The van der Waals surface area contributed by atoms with Crippen molar-refractivity contribution in [2.24, 2.45) is 5.41 Å². The van der Waals surface area contributed by atoms with E-state index < -0.39 is 0 Å². The van der Waals surface area contributed by atoms with Gasteiger partial charge in [-0.15, -0.1) is 0 Å². The average molecular weight is 232 g/mol. The Labute approximate surface area is 105 Å². The molecule has 0 unspecified atom stereocenters. The second-order valence-corrected chi connectivity index (χ2v) is 5.62. The van der Waals surface area contributed by atoms with Crippen LogP contribution in [0.3, 0.4) is 0 Å². The summed E-state index contributed by atoms with van der Waals surface area (Å²) in [4.78, 5) is 10.3. The van der Waals surface area contributed by atoms with Crippen molar-refractivity contribution in [2.45, 2.75) is 53.4 Å². The van der Waals surface area contributed by atoms with Crippen LogP contribution in [0.15, 0.2) is 34.9 Å². The summed E-state index contributed by atoms with van der Waals surface area (Å²) in [5.41, 5.74) is 4.45. The molecule has 0 aromatic rings. The number of aldehydes is 1. The van der Waals surface area contributed by atoms with Gasteiger partial charge in [-0.25, -0.2) is 0 Å². The van der Waals surface area contributed by atoms with Crippen LogP contribution >= 0.6 is 0 Å². The molecule has 0 heterocycles. The van der Waals surface area contributed by atoms with Gasteiger partial charge in [0.25, 0.3) is 0 Å². The Balaban J connectivity index is 2.85. The lowest BCUT2D eigenvalue weighted by Crippen LogP contribution is -2.19. The predicted molar refractivity (Wildman–Crippen MR) is 73.9 cm³/mol. The molecule has 1 nitrogen and oxygen atoms in total. The van der Waals surface area contributed by atoms with E-state index in [1.54, 1.807) is 0 Å². The Morgan fingerprint density at radius 3 is 2.71 bits per heavy atom. The standard InChI is InChI=1S/C16H24O/c1-13(7-6-12-17)9-10-15-14(2)8-5-11-16(15,3)4/h7,9-10,12H,5-6,8,11H2,1-4H3.